The fraction of sp³-hybridized carbons (Fsp3) is 0.438. The van der Waals surface area contributed by atoms with Gasteiger partial charge in [-0.2, -0.15) is 0 Å². The van der Waals surface area contributed by atoms with Gasteiger partial charge in [-0.3, -0.25) is 0 Å². The average molecular weight is 312 g/mol. The Balaban J connectivity index is 2.37. The van der Waals surface area contributed by atoms with E-state index in [2.05, 4.69) is 5.32 Å². The van der Waals surface area contributed by atoms with Crippen molar-refractivity contribution in [1.82, 2.24) is 5.32 Å². The fourth-order valence-corrected chi connectivity index (χ4v) is 1.77. The van der Waals surface area contributed by atoms with Gasteiger partial charge in [-0.05, 0) is 44.9 Å². The Morgan fingerprint density at radius 2 is 2.10 bits per heavy atom. The molecule has 1 rings (SSSR count). The van der Waals surface area contributed by atoms with Gasteiger partial charge >= 0.3 is 6.09 Å². The van der Waals surface area contributed by atoms with Gasteiger partial charge in [-0.25, -0.2) is 4.79 Å². The number of carbonyl (C=O) groups excluding carboxylic acids is 1. The minimum Gasteiger partial charge on any atom is -0.495 e. The molecule has 0 aromatic heterocycles. The summed E-state index contributed by atoms with van der Waals surface area (Å²) in [4.78, 5) is 11.4. The Bertz CT molecular complexity index is 507. The molecule has 0 bridgehead atoms. The van der Waals surface area contributed by atoms with Crippen molar-refractivity contribution in [2.24, 2.45) is 0 Å². The van der Waals surface area contributed by atoms with E-state index < -0.39 is 11.7 Å². The molecule has 0 saturated carbocycles. The van der Waals surface area contributed by atoms with E-state index in [1.165, 1.54) is 0 Å². The van der Waals surface area contributed by atoms with E-state index in [9.17, 15) is 4.79 Å². The normalized spacial score (nSPS) is 11.5. The molecule has 1 aromatic rings. The summed E-state index contributed by atoms with van der Waals surface area (Å²) in [5, 5.41) is 3.28. The molecule has 5 heteroatoms. The van der Waals surface area contributed by atoms with Crippen molar-refractivity contribution in [3.05, 3.63) is 34.9 Å². The first-order chi connectivity index (χ1) is 9.81. The third kappa shape index (κ3) is 7.04. The van der Waals surface area contributed by atoms with Crippen molar-refractivity contribution in [1.29, 1.82) is 0 Å². The molecule has 1 amide bonds. The molecule has 116 valence electrons. The summed E-state index contributed by atoms with van der Waals surface area (Å²) in [5.74, 6) is 0.644. The highest BCUT2D eigenvalue weighted by Crippen LogP contribution is 2.25. The van der Waals surface area contributed by atoms with E-state index in [0.29, 0.717) is 23.7 Å². The largest absolute Gasteiger partial charge is 0.495 e. The molecule has 0 radical (unpaired) electrons. The number of benzene rings is 1. The van der Waals surface area contributed by atoms with Crippen LogP contribution in [0.5, 0.6) is 5.75 Å². The molecule has 0 fully saturated rings. The summed E-state index contributed by atoms with van der Waals surface area (Å²) in [6, 6.07) is 5.56. The molecular formula is C16H22ClNO3. The summed E-state index contributed by atoms with van der Waals surface area (Å²) in [7, 11) is 1.58. The van der Waals surface area contributed by atoms with Crippen LogP contribution in [0.1, 0.15) is 32.8 Å². The van der Waals surface area contributed by atoms with Gasteiger partial charge in [0, 0.05) is 6.54 Å². The van der Waals surface area contributed by atoms with Gasteiger partial charge < -0.3 is 14.8 Å². The van der Waals surface area contributed by atoms with E-state index in [0.717, 1.165) is 5.56 Å². The number of carbonyl (C=O) groups is 1. The SMILES string of the molecule is COc1cc(C=CCCNC(=O)OC(C)(C)C)ccc1Cl. The first-order valence-corrected chi connectivity index (χ1v) is 7.16. The van der Waals surface area contributed by atoms with Crippen molar-refractivity contribution in [2.45, 2.75) is 32.8 Å². The number of amides is 1. The van der Waals surface area contributed by atoms with Crippen molar-refractivity contribution < 1.29 is 14.3 Å². The van der Waals surface area contributed by atoms with E-state index in [1.807, 2.05) is 45.1 Å². The first kappa shape index (κ1) is 17.4. The van der Waals surface area contributed by atoms with Crippen LogP contribution in [0, 0.1) is 0 Å². The Morgan fingerprint density at radius 1 is 1.38 bits per heavy atom. The minimum absolute atomic E-state index is 0.399. The molecule has 4 nitrogen and oxygen atoms in total. The minimum atomic E-state index is -0.472. The van der Waals surface area contributed by atoms with Gasteiger partial charge in [0.05, 0.1) is 12.1 Å². The van der Waals surface area contributed by atoms with E-state index >= 15 is 0 Å². The molecule has 0 atom stereocenters. The molecule has 0 saturated heterocycles. The standard InChI is InChI=1S/C16H22ClNO3/c1-16(2,3)21-15(19)18-10-6-5-7-12-8-9-13(17)14(11-12)20-4/h5,7-9,11H,6,10H2,1-4H3,(H,18,19). The summed E-state index contributed by atoms with van der Waals surface area (Å²) in [5.41, 5.74) is 0.522. The lowest BCUT2D eigenvalue weighted by Gasteiger charge is -2.19. The summed E-state index contributed by atoms with van der Waals surface area (Å²) >= 11 is 5.96. The van der Waals surface area contributed by atoms with Crippen LogP contribution in [0.4, 0.5) is 4.79 Å². The van der Waals surface area contributed by atoms with Crippen molar-refractivity contribution in [2.75, 3.05) is 13.7 Å². The first-order valence-electron chi connectivity index (χ1n) is 6.79. The van der Waals surface area contributed by atoms with E-state index in [1.54, 1.807) is 13.2 Å². The lowest BCUT2D eigenvalue weighted by Crippen LogP contribution is -2.32. The number of rotatable bonds is 5. The van der Waals surface area contributed by atoms with Gasteiger partial charge in [-0.1, -0.05) is 29.8 Å². The van der Waals surface area contributed by atoms with Gasteiger partial charge in [0.15, 0.2) is 0 Å². The highest BCUT2D eigenvalue weighted by molar-refractivity contribution is 6.32. The highest BCUT2D eigenvalue weighted by Gasteiger charge is 2.15. The van der Waals surface area contributed by atoms with Crippen molar-refractivity contribution >= 4 is 23.8 Å². The van der Waals surface area contributed by atoms with Crippen LogP contribution in [0.3, 0.4) is 0 Å². The Labute approximate surface area is 131 Å². The second kappa shape index (κ2) is 7.93. The zero-order valence-electron chi connectivity index (χ0n) is 12.9. The molecular weight excluding hydrogens is 290 g/mol. The van der Waals surface area contributed by atoms with Crippen LogP contribution in [0.25, 0.3) is 6.08 Å². The topological polar surface area (TPSA) is 47.6 Å². The third-order valence-electron chi connectivity index (χ3n) is 2.46. The maximum Gasteiger partial charge on any atom is 0.407 e. The van der Waals surface area contributed by atoms with Crippen molar-refractivity contribution in [3.63, 3.8) is 0 Å². The zero-order valence-corrected chi connectivity index (χ0v) is 13.7. The maximum atomic E-state index is 11.4. The lowest BCUT2D eigenvalue weighted by molar-refractivity contribution is 0.0529. The van der Waals surface area contributed by atoms with Crippen LogP contribution in [0.15, 0.2) is 24.3 Å². The van der Waals surface area contributed by atoms with Crippen LogP contribution in [-0.2, 0) is 4.74 Å². The molecule has 0 aliphatic carbocycles. The number of methoxy groups -OCH3 is 1. The van der Waals surface area contributed by atoms with Gasteiger partial charge in [0.25, 0.3) is 0 Å². The number of nitrogens with one attached hydrogen (secondary N) is 1. The quantitative estimate of drug-likeness (QED) is 0.826. The monoisotopic (exact) mass is 311 g/mol. The number of hydrogen-bond acceptors (Lipinski definition) is 3. The van der Waals surface area contributed by atoms with E-state index in [-0.39, 0.29) is 0 Å². The predicted octanol–water partition coefficient (Wildman–Crippen LogP) is 4.28. The van der Waals surface area contributed by atoms with Gasteiger partial charge in [0.2, 0.25) is 0 Å². The smallest absolute Gasteiger partial charge is 0.407 e. The summed E-state index contributed by atoms with van der Waals surface area (Å²) < 4.78 is 10.3. The molecule has 1 N–H and O–H groups in total. The number of hydrogen-bond donors (Lipinski definition) is 1. The summed E-state index contributed by atoms with van der Waals surface area (Å²) in [6.07, 6.45) is 4.24. The summed E-state index contributed by atoms with van der Waals surface area (Å²) in [6.45, 7) is 6.03. The Hall–Kier alpha value is -1.68. The van der Waals surface area contributed by atoms with Crippen LogP contribution in [0.2, 0.25) is 5.02 Å². The van der Waals surface area contributed by atoms with Crippen LogP contribution >= 0.6 is 11.6 Å². The molecule has 21 heavy (non-hydrogen) atoms. The Kier molecular flexibility index (Phi) is 6.56. The maximum absolute atomic E-state index is 11.4. The molecule has 0 unspecified atom stereocenters. The zero-order chi connectivity index (χ0) is 15.9. The molecule has 0 heterocycles. The fourth-order valence-electron chi connectivity index (χ4n) is 1.57. The highest BCUT2D eigenvalue weighted by atomic mass is 35.5. The second-order valence-electron chi connectivity index (χ2n) is 5.51. The Morgan fingerprint density at radius 3 is 2.71 bits per heavy atom. The van der Waals surface area contributed by atoms with Crippen LogP contribution < -0.4 is 10.1 Å². The van der Waals surface area contributed by atoms with E-state index in [4.69, 9.17) is 21.1 Å². The number of halogens is 1. The second-order valence-corrected chi connectivity index (χ2v) is 5.92. The van der Waals surface area contributed by atoms with Crippen LogP contribution in [-0.4, -0.2) is 25.3 Å². The molecule has 0 aliphatic heterocycles. The van der Waals surface area contributed by atoms with Gasteiger partial charge in [0.1, 0.15) is 11.4 Å². The lowest BCUT2D eigenvalue weighted by atomic mass is 10.2. The molecule has 1 aromatic carbocycles. The molecule has 0 spiro atoms. The third-order valence-corrected chi connectivity index (χ3v) is 2.78. The number of ether oxygens (including phenoxy) is 2. The van der Waals surface area contributed by atoms with Gasteiger partial charge in [-0.15, -0.1) is 0 Å². The predicted molar refractivity (Wildman–Crippen MR) is 85.9 cm³/mol. The number of alkyl carbamates (subject to hydrolysis) is 1. The molecule has 0 aliphatic rings. The average Bonchev–Trinajstić information content (AvgIpc) is 2.38. The van der Waals surface area contributed by atoms with Crippen molar-refractivity contribution in [3.8, 4) is 5.75 Å².